The number of nitrogens with two attached hydrogens (primary N) is 5. The molecule has 0 atom stereocenters. The van der Waals surface area contributed by atoms with Crippen molar-refractivity contribution in [2.45, 2.75) is 37.6 Å². The average molecular weight is 235 g/mol. The molecule has 1 aromatic rings. The maximum Gasteiger partial charge on any atom is 0.0805 e. The molecule has 2 rings (SSSR count). The van der Waals surface area contributed by atoms with E-state index in [9.17, 15) is 0 Å². The summed E-state index contributed by atoms with van der Waals surface area (Å²) in [6, 6.07) is 2.18. The van der Waals surface area contributed by atoms with Crippen LogP contribution in [-0.2, 0) is 0 Å². The fraction of sp³-hybridized carbons (Fsp3) is 0.500. The van der Waals surface area contributed by atoms with Crippen LogP contribution in [0.1, 0.15) is 37.2 Å². The molecule has 94 valence electrons. The van der Waals surface area contributed by atoms with Gasteiger partial charge in [-0.25, -0.2) is 0 Å². The monoisotopic (exact) mass is 235 g/mol. The Bertz CT molecular complexity index is 421. The Morgan fingerprint density at radius 3 is 2.00 bits per heavy atom. The van der Waals surface area contributed by atoms with E-state index < -0.39 is 0 Å². The van der Waals surface area contributed by atoms with Crippen molar-refractivity contribution in [2.75, 3.05) is 22.9 Å². The van der Waals surface area contributed by atoms with Crippen molar-refractivity contribution in [3.63, 3.8) is 0 Å². The number of nitrogen functional groups attached to an aromatic ring is 4. The third-order valence-corrected chi connectivity index (χ3v) is 3.73. The molecule has 17 heavy (non-hydrogen) atoms. The van der Waals surface area contributed by atoms with Gasteiger partial charge in [0.15, 0.2) is 0 Å². The standard InChI is InChI=1S/C12H21N5/c13-7-3-1-6(2-4-7)8-5-9(14)11(16)12(17)10(8)15/h5-7H,1-4,13-17H2. The summed E-state index contributed by atoms with van der Waals surface area (Å²) < 4.78 is 0. The van der Waals surface area contributed by atoms with Gasteiger partial charge in [-0.3, -0.25) is 0 Å². The zero-order chi connectivity index (χ0) is 12.6. The van der Waals surface area contributed by atoms with Crippen molar-refractivity contribution in [2.24, 2.45) is 5.73 Å². The normalized spacial score (nSPS) is 24.8. The number of rotatable bonds is 1. The molecule has 0 aromatic heterocycles. The van der Waals surface area contributed by atoms with Crippen molar-refractivity contribution in [3.05, 3.63) is 11.6 Å². The van der Waals surface area contributed by atoms with Gasteiger partial charge in [0.25, 0.3) is 0 Å². The van der Waals surface area contributed by atoms with E-state index in [1.807, 2.05) is 6.07 Å². The highest BCUT2D eigenvalue weighted by Gasteiger charge is 2.23. The summed E-state index contributed by atoms with van der Waals surface area (Å²) in [6.07, 6.45) is 4.12. The Labute approximate surface area is 101 Å². The topological polar surface area (TPSA) is 130 Å². The molecule has 0 amide bonds. The van der Waals surface area contributed by atoms with E-state index in [1.165, 1.54) is 0 Å². The van der Waals surface area contributed by atoms with Gasteiger partial charge in [-0.05, 0) is 43.2 Å². The summed E-state index contributed by atoms with van der Waals surface area (Å²) in [5, 5.41) is 0. The molecular weight excluding hydrogens is 214 g/mol. The van der Waals surface area contributed by atoms with Crippen LogP contribution in [-0.4, -0.2) is 6.04 Å². The fourth-order valence-electron chi connectivity index (χ4n) is 2.55. The second-order valence-electron chi connectivity index (χ2n) is 4.91. The maximum atomic E-state index is 6.03. The summed E-state index contributed by atoms with van der Waals surface area (Å²) in [6.45, 7) is 0. The lowest BCUT2D eigenvalue weighted by atomic mass is 9.81. The fourth-order valence-corrected chi connectivity index (χ4v) is 2.55. The second kappa shape index (κ2) is 4.33. The zero-order valence-electron chi connectivity index (χ0n) is 9.95. The van der Waals surface area contributed by atoms with Crippen LogP contribution in [0, 0.1) is 0 Å². The summed E-state index contributed by atoms with van der Waals surface area (Å²) in [5.74, 6) is 0.403. The molecule has 0 unspecified atom stereocenters. The second-order valence-corrected chi connectivity index (χ2v) is 4.91. The van der Waals surface area contributed by atoms with E-state index in [-0.39, 0.29) is 0 Å². The van der Waals surface area contributed by atoms with Gasteiger partial charge in [0.2, 0.25) is 0 Å². The van der Waals surface area contributed by atoms with Crippen LogP contribution in [0.25, 0.3) is 0 Å². The molecule has 1 aromatic carbocycles. The minimum absolute atomic E-state index is 0.316. The minimum atomic E-state index is 0.316. The number of hydrogen-bond acceptors (Lipinski definition) is 5. The van der Waals surface area contributed by atoms with Crippen LogP contribution < -0.4 is 28.7 Å². The first-order chi connectivity index (χ1) is 8.00. The van der Waals surface area contributed by atoms with Crippen LogP contribution in [0.15, 0.2) is 6.07 Å². The predicted octanol–water partition coefficient (Wildman–Crippen LogP) is 1.00. The Morgan fingerprint density at radius 1 is 0.824 bits per heavy atom. The van der Waals surface area contributed by atoms with E-state index in [1.54, 1.807) is 0 Å². The van der Waals surface area contributed by atoms with Crippen molar-refractivity contribution in [1.82, 2.24) is 0 Å². The molecule has 1 aliphatic carbocycles. The number of hydrogen-bond donors (Lipinski definition) is 5. The van der Waals surface area contributed by atoms with Gasteiger partial charge in [-0.1, -0.05) is 0 Å². The Balaban J connectivity index is 2.33. The molecule has 10 N–H and O–H groups in total. The summed E-state index contributed by atoms with van der Waals surface area (Å²) in [4.78, 5) is 0. The van der Waals surface area contributed by atoms with E-state index in [0.717, 1.165) is 31.2 Å². The van der Waals surface area contributed by atoms with Gasteiger partial charge < -0.3 is 28.7 Å². The molecule has 0 radical (unpaired) electrons. The van der Waals surface area contributed by atoms with E-state index in [2.05, 4.69) is 0 Å². The highest BCUT2D eigenvalue weighted by molar-refractivity contribution is 5.88. The van der Waals surface area contributed by atoms with Gasteiger partial charge in [0, 0.05) is 6.04 Å². The van der Waals surface area contributed by atoms with Crippen molar-refractivity contribution >= 4 is 22.7 Å². The lowest BCUT2D eigenvalue weighted by Crippen LogP contribution is -2.26. The van der Waals surface area contributed by atoms with E-state index in [0.29, 0.717) is 34.7 Å². The largest absolute Gasteiger partial charge is 0.397 e. The van der Waals surface area contributed by atoms with Gasteiger partial charge in [0.1, 0.15) is 0 Å². The van der Waals surface area contributed by atoms with Crippen molar-refractivity contribution in [1.29, 1.82) is 0 Å². The van der Waals surface area contributed by atoms with Crippen molar-refractivity contribution < 1.29 is 0 Å². The maximum absolute atomic E-state index is 6.03. The molecule has 5 heteroatoms. The lowest BCUT2D eigenvalue weighted by molar-refractivity contribution is 0.396. The van der Waals surface area contributed by atoms with Gasteiger partial charge in [0.05, 0.1) is 22.7 Å². The van der Waals surface area contributed by atoms with Crippen LogP contribution in [0.5, 0.6) is 0 Å². The first kappa shape index (κ1) is 11.9. The minimum Gasteiger partial charge on any atom is -0.397 e. The van der Waals surface area contributed by atoms with E-state index >= 15 is 0 Å². The van der Waals surface area contributed by atoms with E-state index in [4.69, 9.17) is 28.7 Å². The lowest BCUT2D eigenvalue weighted by Gasteiger charge is -2.28. The highest BCUT2D eigenvalue weighted by atomic mass is 14.8. The molecule has 5 nitrogen and oxygen atoms in total. The number of benzene rings is 1. The van der Waals surface area contributed by atoms with Crippen molar-refractivity contribution in [3.8, 4) is 0 Å². The van der Waals surface area contributed by atoms with Gasteiger partial charge in [-0.15, -0.1) is 0 Å². The third kappa shape index (κ3) is 2.10. The number of anilines is 4. The molecule has 1 aliphatic rings. The molecule has 0 bridgehead atoms. The highest BCUT2D eigenvalue weighted by Crippen LogP contribution is 2.41. The average Bonchev–Trinajstić information content (AvgIpc) is 2.32. The van der Waals surface area contributed by atoms with Gasteiger partial charge >= 0.3 is 0 Å². The molecule has 1 fully saturated rings. The zero-order valence-corrected chi connectivity index (χ0v) is 9.95. The van der Waals surface area contributed by atoms with Crippen LogP contribution >= 0.6 is 0 Å². The quantitative estimate of drug-likeness (QED) is 0.463. The Kier molecular flexibility index (Phi) is 3.02. The van der Waals surface area contributed by atoms with Crippen LogP contribution in [0.3, 0.4) is 0 Å². The molecule has 0 aliphatic heterocycles. The first-order valence-corrected chi connectivity index (χ1v) is 5.99. The Hall–Kier alpha value is -1.62. The predicted molar refractivity (Wildman–Crippen MR) is 73.3 cm³/mol. The summed E-state index contributed by atoms with van der Waals surface area (Å²) >= 11 is 0. The van der Waals surface area contributed by atoms with Crippen LogP contribution in [0.2, 0.25) is 0 Å². The van der Waals surface area contributed by atoms with Crippen LogP contribution in [0.4, 0.5) is 22.7 Å². The summed E-state index contributed by atoms with van der Waals surface area (Å²) in [7, 11) is 0. The van der Waals surface area contributed by atoms with Gasteiger partial charge in [-0.2, -0.15) is 0 Å². The molecule has 0 spiro atoms. The summed E-state index contributed by atoms with van der Waals surface area (Å²) in [5.41, 5.74) is 32.3. The SMILES string of the molecule is Nc1cc(C2CCC(N)CC2)c(N)c(N)c1N. The molecule has 0 heterocycles. The Morgan fingerprint density at radius 2 is 1.41 bits per heavy atom. The third-order valence-electron chi connectivity index (χ3n) is 3.73. The first-order valence-electron chi connectivity index (χ1n) is 5.99. The molecular formula is C12H21N5. The molecule has 0 saturated heterocycles. The molecule has 1 saturated carbocycles. The smallest absolute Gasteiger partial charge is 0.0805 e.